The van der Waals surface area contributed by atoms with Crippen molar-refractivity contribution in [2.45, 2.75) is 6.92 Å². The Morgan fingerprint density at radius 2 is 2.18 bits per heavy atom. The van der Waals surface area contributed by atoms with Crippen molar-refractivity contribution < 1.29 is 19.1 Å². The first-order valence-electron chi connectivity index (χ1n) is 4.85. The fourth-order valence-corrected chi connectivity index (χ4v) is 1.24. The second-order valence-corrected chi connectivity index (χ2v) is 3.85. The van der Waals surface area contributed by atoms with Crippen LogP contribution in [-0.2, 0) is 4.79 Å². The maximum Gasteiger partial charge on any atom is 0.338 e. The van der Waals surface area contributed by atoms with Gasteiger partial charge in [0.15, 0.2) is 0 Å². The molecule has 1 atom stereocenters. The molecule has 17 heavy (non-hydrogen) atoms. The summed E-state index contributed by atoms with van der Waals surface area (Å²) in [6, 6.07) is 3.35. The summed E-state index contributed by atoms with van der Waals surface area (Å²) >= 11 is 5.51. The van der Waals surface area contributed by atoms with Crippen LogP contribution in [0.4, 0.5) is 10.1 Å². The van der Waals surface area contributed by atoms with Crippen LogP contribution < -0.4 is 5.32 Å². The van der Waals surface area contributed by atoms with Gasteiger partial charge in [-0.15, -0.1) is 11.6 Å². The van der Waals surface area contributed by atoms with Crippen LogP contribution in [0.2, 0.25) is 0 Å². The number of hydrogen-bond acceptors (Lipinski definition) is 2. The fourth-order valence-electron chi connectivity index (χ4n) is 1.10. The number of amides is 1. The second kappa shape index (κ2) is 5.63. The van der Waals surface area contributed by atoms with Gasteiger partial charge in [-0.25, -0.2) is 9.18 Å². The number of carbonyl (C=O) groups is 2. The zero-order chi connectivity index (χ0) is 13.0. The molecule has 0 heterocycles. The van der Waals surface area contributed by atoms with E-state index >= 15 is 0 Å². The van der Waals surface area contributed by atoms with Gasteiger partial charge in [0.2, 0.25) is 5.91 Å². The molecule has 0 aliphatic heterocycles. The number of alkyl halides is 1. The summed E-state index contributed by atoms with van der Waals surface area (Å²) in [4.78, 5) is 22.1. The topological polar surface area (TPSA) is 66.4 Å². The number of rotatable bonds is 4. The number of benzene rings is 1. The largest absolute Gasteiger partial charge is 0.478 e. The van der Waals surface area contributed by atoms with Crippen LogP contribution in [0.25, 0.3) is 0 Å². The quantitative estimate of drug-likeness (QED) is 0.816. The molecule has 1 rings (SSSR count). The van der Waals surface area contributed by atoms with Gasteiger partial charge in [0.05, 0.1) is 5.56 Å². The molecule has 0 radical (unpaired) electrons. The number of anilines is 1. The van der Waals surface area contributed by atoms with E-state index in [-0.39, 0.29) is 17.5 Å². The third-order valence-electron chi connectivity index (χ3n) is 2.14. The summed E-state index contributed by atoms with van der Waals surface area (Å²) in [5.41, 5.74) is -0.257. The molecule has 1 unspecified atom stereocenters. The van der Waals surface area contributed by atoms with Crippen LogP contribution in [0.1, 0.15) is 17.3 Å². The van der Waals surface area contributed by atoms with E-state index in [0.29, 0.717) is 0 Å². The maximum absolute atomic E-state index is 13.1. The predicted octanol–water partition coefficient (Wildman–Crippen LogP) is 2.34. The Hall–Kier alpha value is -1.62. The summed E-state index contributed by atoms with van der Waals surface area (Å²) < 4.78 is 13.1. The molecule has 6 heteroatoms. The first-order valence-corrected chi connectivity index (χ1v) is 5.38. The SMILES string of the molecule is CC(CCl)C(=O)Nc1ccc(F)c(C(=O)O)c1. The van der Waals surface area contributed by atoms with E-state index in [9.17, 15) is 14.0 Å². The highest BCUT2D eigenvalue weighted by Gasteiger charge is 2.14. The lowest BCUT2D eigenvalue weighted by Gasteiger charge is -2.09. The summed E-state index contributed by atoms with van der Waals surface area (Å²) in [5, 5.41) is 11.2. The Bertz CT molecular complexity index is 450. The fraction of sp³-hybridized carbons (Fsp3) is 0.273. The number of hydrogen-bond donors (Lipinski definition) is 2. The van der Waals surface area contributed by atoms with Crippen LogP contribution >= 0.6 is 11.6 Å². The van der Waals surface area contributed by atoms with E-state index in [4.69, 9.17) is 16.7 Å². The summed E-state index contributed by atoms with van der Waals surface area (Å²) in [6.45, 7) is 1.63. The van der Waals surface area contributed by atoms with Gasteiger partial charge >= 0.3 is 5.97 Å². The third-order valence-corrected chi connectivity index (χ3v) is 2.61. The average Bonchev–Trinajstić information content (AvgIpc) is 2.30. The van der Waals surface area contributed by atoms with E-state index in [1.807, 2.05) is 0 Å². The molecule has 4 nitrogen and oxygen atoms in total. The molecule has 1 aromatic rings. The van der Waals surface area contributed by atoms with Gasteiger partial charge in [0.1, 0.15) is 5.82 Å². The number of nitrogens with one attached hydrogen (secondary N) is 1. The summed E-state index contributed by atoms with van der Waals surface area (Å²) in [5.74, 6) is -2.83. The Balaban J connectivity index is 2.90. The highest BCUT2D eigenvalue weighted by Crippen LogP contribution is 2.15. The van der Waals surface area contributed by atoms with Crippen molar-refractivity contribution in [3.05, 3.63) is 29.6 Å². The van der Waals surface area contributed by atoms with E-state index in [1.165, 1.54) is 6.07 Å². The number of carbonyl (C=O) groups excluding carboxylic acids is 1. The zero-order valence-corrected chi connectivity index (χ0v) is 9.79. The summed E-state index contributed by atoms with van der Waals surface area (Å²) in [6.07, 6.45) is 0. The number of aromatic carboxylic acids is 1. The molecule has 92 valence electrons. The molecule has 0 saturated carbocycles. The van der Waals surface area contributed by atoms with Crippen molar-refractivity contribution in [2.75, 3.05) is 11.2 Å². The van der Waals surface area contributed by atoms with Crippen LogP contribution in [-0.4, -0.2) is 22.9 Å². The van der Waals surface area contributed by atoms with E-state index in [1.54, 1.807) is 6.92 Å². The van der Waals surface area contributed by atoms with Gasteiger partial charge < -0.3 is 10.4 Å². The Labute approximate surface area is 102 Å². The highest BCUT2D eigenvalue weighted by atomic mass is 35.5. The van der Waals surface area contributed by atoms with Crippen molar-refractivity contribution in [3.63, 3.8) is 0 Å². The van der Waals surface area contributed by atoms with Gasteiger partial charge in [0, 0.05) is 17.5 Å². The molecule has 1 aromatic carbocycles. The molecule has 0 aromatic heterocycles. The number of halogens is 2. The van der Waals surface area contributed by atoms with Gasteiger partial charge in [-0.2, -0.15) is 0 Å². The summed E-state index contributed by atoms with van der Waals surface area (Å²) in [7, 11) is 0. The molecule has 0 spiro atoms. The molecule has 0 aliphatic carbocycles. The normalized spacial score (nSPS) is 11.9. The van der Waals surface area contributed by atoms with Crippen molar-refractivity contribution in [3.8, 4) is 0 Å². The van der Waals surface area contributed by atoms with E-state index in [2.05, 4.69) is 5.32 Å². The smallest absolute Gasteiger partial charge is 0.338 e. The first-order chi connectivity index (χ1) is 7.95. The molecular weight excluding hydrogens is 249 g/mol. The standard InChI is InChI=1S/C11H11ClFNO3/c1-6(5-12)10(15)14-7-2-3-9(13)8(4-7)11(16)17/h2-4,6H,5H2,1H3,(H,14,15)(H,16,17). The van der Waals surface area contributed by atoms with Crippen molar-refractivity contribution in [1.29, 1.82) is 0 Å². The van der Waals surface area contributed by atoms with Gasteiger partial charge in [0.25, 0.3) is 0 Å². The second-order valence-electron chi connectivity index (χ2n) is 3.54. The molecule has 2 N–H and O–H groups in total. The van der Waals surface area contributed by atoms with Gasteiger partial charge in [-0.1, -0.05) is 6.92 Å². The zero-order valence-electron chi connectivity index (χ0n) is 9.04. The predicted molar refractivity (Wildman–Crippen MR) is 61.9 cm³/mol. The lowest BCUT2D eigenvalue weighted by molar-refractivity contribution is -0.118. The minimum Gasteiger partial charge on any atom is -0.478 e. The molecule has 0 bridgehead atoms. The highest BCUT2D eigenvalue weighted by molar-refractivity contribution is 6.19. The van der Waals surface area contributed by atoms with Crippen LogP contribution in [0.15, 0.2) is 18.2 Å². The Morgan fingerprint density at radius 3 is 2.71 bits per heavy atom. The minimum absolute atomic E-state index is 0.152. The van der Waals surface area contributed by atoms with Crippen molar-refractivity contribution in [1.82, 2.24) is 0 Å². The van der Waals surface area contributed by atoms with Crippen LogP contribution in [0.5, 0.6) is 0 Å². The average molecular weight is 260 g/mol. The monoisotopic (exact) mass is 259 g/mol. The Morgan fingerprint density at radius 1 is 1.53 bits per heavy atom. The Kier molecular flexibility index (Phi) is 4.45. The lowest BCUT2D eigenvalue weighted by atomic mass is 10.1. The van der Waals surface area contributed by atoms with Crippen molar-refractivity contribution in [2.24, 2.45) is 5.92 Å². The molecule has 0 aliphatic rings. The van der Waals surface area contributed by atoms with Gasteiger partial charge in [-0.3, -0.25) is 4.79 Å². The minimum atomic E-state index is -1.39. The molecule has 1 amide bonds. The number of carboxylic acid groups (broad SMARTS) is 1. The first kappa shape index (κ1) is 13.4. The van der Waals surface area contributed by atoms with Crippen LogP contribution in [0.3, 0.4) is 0 Å². The van der Waals surface area contributed by atoms with Gasteiger partial charge in [-0.05, 0) is 18.2 Å². The van der Waals surface area contributed by atoms with E-state index < -0.39 is 23.3 Å². The van der Waals surface area contributed by atoms with Crippen LogP contribution in [0, 0.1) is 11.7 Å². The molecule has 0 saturated heterocycles. The molecule has 0 fully saturated rings. The molecular formula is C11H11ClFNO3. The lowest BCUT2D eigenvalue weighted by Crippen LogP contribution is -2.21. The maximum atomic E-state index is 13.1. The van der Waals surface area contributed by atoms with E-state index in [0.717, 1.165) is 12.1 Å². The third kappa shape index (κ3) is 3.42. The van der Waals surface area contributed by atoms with Crippen molar-refractivity contribution >= 4 is 29.2 Å². The number of carboxylic acids is 1.